The number of nitrogens with zero attached hydrogens (tertiary/aromatic N) is 1. The van der Waals surface area contributed by atoms with Crippen molar-refractivity contribution in [3.63, 3.8) is 0 Å². The summed E-state index contributed by atoms with van der Waals surface area (Å²) in [5.74, 6) is 0.0966. The Labute approximate surface area is 184 Å². The number of rotatable bonds is 10. The van der Waals surface area contributed by atoms with Crippen LogP contribution in [0.5, 0.6) is 5.75 Å². The monoisotopic (exact) mass is 429 g/mol. The second kappa shape index (κ2) is 11.2. The first-order chi connectivity index (χ1) is 15.0. The number of ether oxygens (including phenoxy) is 1. The van der Waals surface area contributed by atoms with Gasteiger partial charge in [0, 0.05) is 32.0 Å². The fraction of sp³-hybridized carbons (Fsp3) is 0.625. The fourth-order valence-corrected chi connectivity index (χ4v) is 4.63. The highest BCUT2D eigenvalue weighted by atomic mass is 16.5. The van der Waals surface area contributed by atoms with Crippen LogP contribution in [-0.4, -0.2) is 48.9 Å². The number of benzene rings is 1. The van der Waals surface area contributed by atoms with E-state index in [9.17, 15) is 14.4 Å². The first-order valence-electron chi connectivity index (χ1n) is 11.5. The molecule has 2 fully saturated rings. The van der Waals surface area contributed by atoms with Crippen molar-refractivity contribution < 1.29 is 19.1 Å². The number of nitrogens with one attached hydrogen (secondary N) is 2. The van der Waals surface area contributed by atoms with E-state index < -0.39 is 5.92 Å². The van der Waals surface area contributed by atoms with E-state index in [0.717, 1.165) is 37.0 Å². The molecule has 1 aromatic carbocycles. The van der Waals surface area contributed by atoms with Crippen molar-refractivity contribution in [2.45, 2.75) is 70.4 Å². The zero-order chi connectivity index (χ0) is 22.2. The van der Waals surface area contributed by atoms with Crippen molar-refractivity contribution in [1.82, 2.24) is 15.5 Å². The van der Waals surface area contributed by atoms with E-state index in [4.69, 9.17) is 4.74 Å². The van der Waals surface area contributed by atoms with E-state index in [1.54, 1.807) is 7.11 Å². The van der Waals surface area contributed by atoms with Gasteiger partial charge in [-0.2, -0.15) is 0 Å². The molecule has 1 aromatic rings. The number of unbranched alkanes of at least 4 members (excludes halogenated alkanes) is 1. The van der Waals surface area contributed by atoms with Crippen LogP contribution < -0.4 is 15.4 Å². The van der Waals surface area contributed by atoms with Crippen LogP contribution >= 0.6 is 0 Å². The molecule has 31 heavy (non-hydrogen) atoms. The summed E-state index contributed by atoms with van der Waals surface area (Å²) in [6.45, 7) is 3.01. The quantitative estimate of drug-likeness (QED) is 0.599. The highest BCUT2D eigenvalue weighted by molar-refractivity contribution is 5.90. The van der Waals surface area contributed by atoms with Crippen molar-refractivity contribution in [1.29, 1.82) is 0 Å². The number of methoxy groups -OCH3 is 1. The van der Waals surface area contributed by atoms with Crippen molar-refractivity contribution in [3.8, 4) is 5.75 Å². The smallest absolute Gasteiger partial charge is 0.226 e. The summed E-state index contributed by atoms with van der Waals surface area (Å²) in [5, 5.41) is 5.94. The lowest BCUT2D eigenvalue weighted by atomic mass is 9.92. The van der Waals surface area contributed by atoms with Gasteiger partial charge in [-0.15, -0.1) is 0 Å². The van der Waals surface area contributed by atoms with Gasteiger partial charge < -0.3 is 20.3 Å². The topological polar surface area (TPSA) is 87.7 Å². The summed E-state index contributed by atoms with van der Waals surface area (Å²) in [6.07, 6.45) is 6.74. The highest BCUT2D eigenvalue weighted by Crippen LogP contribution is 2.39. The minimum Gasteiger partial charge on any atom is -0.497 e. The van der Waals surface area contributed by atoms with Gasteiger partial charge in [0.05, 0.1) is 19.1 Å². The first-order valence-corrected chi connectivity index (χ1v) is 11.5. The fourth-order valence-electron chi connectivity index (χ4n) is 4.63. The molecule has 2 N–H and O–H groups in total. The van der Waals surface area contributed by atoms with Gasteiger partial charge in [0.2, 0.25) is 17.7 Å². The first kappa shape index (κ1) is 23.1. The SMILES string of the molecule is CCCCN1C(=O)CC(C(=O)NCCC(=O)NC2CCCC2)C1c1ccc(OC)cc1. The van der Waals surface area contributed by atoms with Crippen molar-refractivity contribution >= 4 is 17.7 Å². The maximum absolute atomic E-state index is 13.0. The Balaban J connectivity index is 1.62. The normalized spacial score (nSPS) is 21.4. The maximum Gasteiger partial charge on any atom is 0.226 e. The Kier molecular flexibility index (Phi) is 8.32. The van der Waals surface area contributed by atoms with Gasteiger partial charge in [0.1, 0.15) is 5.75 Å². The Morgan fingerprint density at radius 1 is 1.16 bits per heavy atom. The lowest BCUT2D eigenvalue weighted by Gasteiger charge is -2.28. The summed E-state index contributed by atoms with van der Waals surface area (Å²) in [4.78, 5) is 39.7. The molecular weight excluding hydrogens is 394 g/mol. The van der Waals surface area contributed by atoms with Gasteiger partial charge in [-0.05, 0) is 37.0 Å². The zero-order valence-corrected chi connectivity index (χ0v) is 18.7. The molecule has 0 spiro atoms. The van der Waals surface area contributed by atoms with Gasteiger partial charge in [0.25, 0.3) is 0 Å². The highest BCUT2D eigenvalue weighted by Gasteiger charge is 2.44. The molecule has 2 unspecified atom stereocenters. The lowest BCUT2D eigenvalue weighted by molar-refractivity contribution is -0.129. The predicted molar refractivity (Wildman–Crippen MR) is 118 cm³/mol. The molecule has 0 bridgehead atoms. The van der Waals surface area contributed by atoms with Crippen LogP contribution in [0.25, 0.3) is 0 Å². The molecule has 7 heteroatoms. The van der Waals surface area contributed by atoms with Crippen LogP contribution in [0.2, 0.25) is 0 Å². The predicted octanol–water partition coefficient (Wildman–Crippen LogP) is 2.95. The molecule has 0 aromatic heterocycles. The molecule has 3 rings (SSSR count). The Morgan fingerprint density at radius 2 is 1.87 bits per heavy atom. The van der Waals surface area contributed by atoms with Crippen molar-refractivity contribution in [2.24, 2.45) is 5.92 Å². The summed E-state index contributed by atoms with van der Waals surface area (Å²) >= 11 is 0. The van der Waals surface area contributed by atoms with E-state index in [0.29, 0.717) is 6.54 Å². The molecule has 3 amide bonds. The molecular formula is C24H35N3O4. The number of hydrogen-bond donors (Lipinski definition) is 2. The lowest BCUT2D eigenvalue weighted by Crippen LogP contribution is -2.39. The molecule has 1 heterocycles. The van der Waals surface area contributed by atoms with Crippen LogP contribution in [0.3, 0.4) is 0 Å². The summed E-state index contributed by atoms with van der Waals surface area (Å²) in [6, 6.07) is 7.56. The third-order valence-corrected chi connectivity index (χ3v) is 6.35. The van der Waals surface area contributed by atoms with E-state index in [2.05, 4.69) is 17.6 Å². The third-order valence-electron chi connectivity index (χ3n) is 6.35. The Hall–Kier alpha value is -2.57. The maximum atomic E-state index is 13.0. The van der Waals surface area contributed by atoms with Crippen molar-refractivity contribution in [2.75, 3.05) is 20.2 Å². The Bertz CT molecular complexity index is 759. The van der Waals surface area contributed by atoms with E-state index >= 15 is 0 Å². The minimum atomic E-state index is -0.462. The molecule has 1 saturated carbocycles. The van der Waals surface area contributed by atoms with E-state index in [1.165, 1.54) is 12.8 Å². The number of likely N-dealkylation sites (tertiary alicyclic amines) is 1. The molecule has 7 nitrogen and oxygen atoms in total. The second-order valence-corrected chi connectivity index (χ2v) is 8.56. The molecule has 2 aliphatic rings. The second-order valence-electron chi connectivity index (χ2n) is 8.56. The minimum absolute atomic E-state index is 0.00777. The van der Waals surface area contributed by atoms with Crippen LogP contribution in [0.1, 0.15) is 69.9 Å². The number of carbonyl (C=O) groups excluding carboxylic acids is 3. The largest absolute Gasteiger partial charge is 0.497 e. The third kappa shape index (κ3) is 5.99. The van der Waals surface area contributed by atoms with Crippen molar-refractivity contribution in [3.05, 3.63) is 29.8 Å². The molecule has 2 atom stereocenters. The van der Waals surface area contributed by atoms with Gasteiger partial charge in [-0.1, -0.05) is 38.3 Å². The summed E-state index contributed by atoms with van der Waals surface area (Å²) in [7, 11) is 1.61. The zero-order valence-electron chi connectivity index (χ0n) is 18.7. The summed E-state index contributed by atoms with van der Waals surface area (Å²) in [5.41, 5.74) is 0.932. The van der Waals surface area contributed by atoms with Crippen LogP contribution in [0.15, 0.2) is 24.3 Å². The molecule has 170 valence electrons. The summed E-state index contributed by atoms with van der Waals surface area (Å²) < 4.78 is 5.24. The van der Waals surface area contributed by atoms with Gasteiger partial charge in [-0.25, -0.2) is 0 Å². The van der Waals surface area contributed by atoms with Crippen LogP contribution in [-0.2, 0) is 14.4 Å². The average Bonchev–Trinajstić information content (AvgIpc) is 3.39. The number of carbonyl (C=O) groups is 3. The molecule has 0 radical (unpaired) electrons. The van der Waals surface area contributed by atoms with Gasteiger partial charge >= 0.3 is 0 Å². The standard InChI is InChI=1S/C24H35N3O4/c1-3-4-15-27-22(29)16-20(23(27)17-9-11-19(31-2)12-10-17)24(30)25-14-13-21(28)26-18-7-5-6-8-18/h9-12,18,20,23H,3-8,13-16H2,1-2H3,(H,25,30)(H,26,28). The molecule has 1 aliphatic carbocycles. The number of amides is 3. The van der Waals surface area contributed by atoms with Gasteiger partial charge in [0.15, 0.2) is 0 Å². The van der Waals surface area contributed by atoms with Crippen LogP contribution in [0, 0.1) is 5.92 Å². The average molecular weight is 430 g/mol. The van der Waals surface area contributed by atoms with Gasteiger partial charge in [-0.3, -0.25) is 14.4 Å². The molecule has 1 aliphatic heterocycles. The van der Waals surface area contributed by atoms with E-state index in [-0.39, 0.29) is 49.2 Å². The van der Waals surface area contributed by atoms with Crippen LogP contribution in [0.4, 0.5) is 0 Å². The molecule has 1 saturated heterocycles. The van der Waals surface area contributed by atoms with E-state index in [1.807, 2.05) is 29.2 Å². The Morgan fingerprint density at radius 3 is 2.52 bits per heavy atom. The number of hydrogen-bond acceptors (Lipinski definition) is 4.